The number of halogens is 3. The number of ether oxygens (including phenoxy) is 2. The van der Waals surface area contributed by atoms with Crippen LogP contribution in [0.1, 0.15) is 13.8 Å². The Bertz CT molecular complexity index is 426. The SMILES string of the molecule is COC(=O)[C@H](Oc1c(Br)cc(F)cc1Br)C(C)C. The minimum absolute atomic E-state index is 0.0682. The second-order valence-corrected chi connectivity index (χ2v) is 5.71. The highest BCUT2D eigenvalue weighted by molar-refractivity contribution is 9.11. The van der Waals surface area contributed by atoms with E-state index in [4.69, 9.17) is 4.74 Å². The molecule has 18 heavy (non-hydrogen) atoms. The quantitative estimate of drug-likeness (QED) is 0.739. The minimum atomic E-state index is -0.743. The van der Waals surface area contributed by atoms with Crippen molar-refractivity contribution in [2.45, 2.75) is 20.0 Å². The second-order valence-electron chi connectivity index (χ2n) is 4.00. The molecule has 0 aliphatic carbocycles. The molecule has 0 heterocycles. The highest BCUT2D eigenvalue weighted by Crippen LogP contribution is 2.35. The lowest BCUT2D eigenvalue weighted by molar-refractivity contribution is -0.150. The highest BCUT2D eigenvalue weighted by Gasteiger charge is 2.27. The standard InChI is InChI=1S/C12H13Br2FO3/c1-6(2)10(12(16)17-3)18-11-8(13)4-7(15)5-9(11)14/h4-6,10H,1-3H3/t10-/m1/s1. The molecule has 0 bridgehead atoms. The summed E-state index contributed by atoms with van der Waals surface area (Å²) in [6, 6.07) is 2.55. The largest absolute Gasteiger partial charge is 0.476 e. The molecule has 0 aromatic heterocycles. The lowest BCUT2D eigenvalue weighted by Crippen LogP contribution is -2.33. The molecular formula is C12H13Br2FO3. The molecule has 6 heteroatoms. The lowest BCUT2D eigenvalue weighted by Gasteiger charge is -2.21. The average Bonchev–Trinajstić information content (AvgIpc) is 2.26. The topological polar surface area (TPSA) is 35.5 Å². The van der Waals surface area contributed by atoms with Crippen molar-refractivity contribution < 1.29 is 18.7 Å². The maximum atomic E-state index is 13.1. The molecule has 1 aromatic carbocycles. The molecule has 0 amide bonds. The van der Waals surface area contributed by atoms with Crippen molar-refractivity contribution in [1.29, 1.82) is 0 Å². The number of methoxy groups -OCH3 is 1. The summed E-state index contributed by atoms with van der Waals surface area (Å²) < 4.78 is 24.3. The maximum Gasteiger partial charge on any atom is 0.347 e. The third kappa shape index (κ3) is 3.68. The summed E-state index contributed by atoms with van der Waals surface area (Å²) in [4.78, 5) is 11.6. The van der Waals surface area contributed by atoms with Crippen molar-refractivity contribution in [2.75, 3.05) is 7.11 Å². The van der Waals surface area contributed by atoms with Gasteiger partial charge >= 0.3 is 5.97 Å². The van der Waals surface area contributed by atoms with E-state index >= 15 is 0 Å². The number of benzene rings is 1. The van der Waals surface area contributed by atoms with Crippen LogP contribution in [0.3, 0.4) is 0 Å². The first-order chi connectivity index (χ1) is 8.36. The molecular weight excluding hydrogens is 371 g/mol. The van der Waals surface area contributed by atoms with Crippen LogP contribution in [0, 0.1) is 11.7 Å². The predicted octanol–water partition coefficient (Wildman–Crippen LogP) is 3.93. The molecule has 0 unspecified atom stereocenters. The number of hydrogen-bond acceptors (Lipinski definition) is 3. The predicted molar refractivity (Wildman–Crippen MR) is 73.1 cm³/mol. The molecule has 1 aromatic rings. The maximum absolute atomic E-state index is 13.1. The van der Waals surface area contributed by atoms with Gasteiger partial charge in [0, 0.05) is 5.92 Å². The number of carbonyl (C=O) groups is 1. The van der Waals surface area contributed by atoms with Gasteiger partial charge in [0.1, 0.15) is 11.6 Å². The van der Waals surface area contributed by atoms with Crippen LogP contribution in [0.2, 0.25) is 0 Å². The van der Waals surface area contributed by atoms with Crippen molar-refractivity contribution in [3.8, 4) is 5.75 Å². The van der Waals surface area contributed by atoms with Crippen molar-refractivity contribution in [3.63, 3.8) is 0 Å². The van der Waals surface area contributed by atoms with Gasteiger partial charge in [0.05, 0.1) is 16.1 Å². The zero-order chi connectivity index (χ0) is 13.9. The van der Waals surface area contributed by atoms with Gasteiger partial charge in [0.15, 0.2) is 6.10 Å². The van der Waals surface area contributed by atoms with E-state index < -0.39 is 17.9 Å². The summed E-state index contributed by atoms with van der Waals surface area (Å²) in [6.45, 7) is 3.68. The van der Waals surface area contributed by atoms with Crippen molar-refractivity contribution >= 4 is 37.8 Å². The van der Waals surface area contributed by atoms with E-state index in [9.17, 15) is 9.18 Å². The Hall–Kier alpha value is -0.620. The lowest BCUT2D eigenvalue weighted by atomic mass is 10.1. The smallest absolute Gasteiger partial charge is 0.347 e. The van der Waals surface area contributed by atoms with Crippen molar-refractivity contribution in [2.24, 2.45) is 5.92 Å². The molecule has 3 nitrogen and oxygen atoms in total. The molecule has 0 N–H and O–H groups in total. The number of esters is 1. The first-order valence-corrected chi connectivity index (χ1v) is 6.84. The molecule has 0 radical (unpaired) electrons. The molecule has 0 saturated carbocycles. The summed E-state index contributed by atoms with van der Waals surface area (Å²) in [5, 5.41) is 0. The van der Waals surface area contributed by atoms with Crippen LogP contribution in [-0.2, 0) is 9.53 Å². The van der Waals surface area contributed by atoms with E-state index in [0.717, 1.165) is 0 Å². The molecule has 1 atom stereocenters. The van der Waals surface area contributed by atoms with E-state index in [0.29, 0.717) is 14.7 Å². The Morgan fingerprint density at radius 1 is 1.28 bits per heavy atom. The number of hydrogen-bond donors (Lipinski definition) is 0. The summed E-state index contributed by atoms with van der Waals surface area (Å²) in [5.41, 5.74) is 0. The first-order valence-electron chi connectivity index (χ1n) is 5.25. The summed E-state index contributed by atoms with van der Waals surface area (Å²) in [7, 11) is 1.30. The second kappa shape index (κ2) is 6.52. The summed E-state index contributed by atoms with van der Waals surface area (Å²) in [6.07, 6.45) is -0.743. The number of rotatable bonds is 4. The molecule has 0 spiro atoms. The van der Waals surface area contributed by atoms with Crippen LogP contribution >= 0.6 is 31.9 Å². The van der Waals surface area contributed by atoms with Crippen LogP contribution in [-0.4, -0.2) is 19.2 Å². The average molecular weight is 384 g/mol. The van der Waals surface area contributed by atoms with Gasteiger partial charge < -0.3 is 9.47 Å². The molecule has 0 fully saturated rings. The van der Waals surface area contributed by atoms with Crippen molar-refractivity contribution in [1.82, 2.24) is 0 Å². The Morgan fingerprint density at radius 3 is 2.17 bits per heavy atom. The fraction of sp³-hybridized carbons (Fsp3) is 0.417. The molecule has 100 valence electrons. The van der Waals surface area contributed by atoms with E-state index in [1.54, 1.807) is 0 Å². The summed E-state index contributed by atoms with van der Waals surface area (Å²) >= 11 is 6.40. The van der Waals surface area contributed by atoms with Gasteiger partial charge in [-0.3, -0.25) is 0 Å². The van der Waals surface area contributed by atoms with Gasteiger partial charge in [-0.05, 0) is 44.0 Å². The normalized spacial score (nSPS) is 12.4. The fourth-order valence-corrected chi connectivity index (χ4v) is 2.66. The molecule has 0 saturated heterocycles. The summed E-state index contributed by atoms with van der Waals surface area (Å²) in [5.74, 6) is -0.560. The van der Waals surface area contributed by atoms with E-state index in [1.807, 2.05) is 13.8 Å². The fourth-order valence-electron chi connectivity index (χ4n) is 1.34. The van der Waals surface area contributed by atoms with Gasteiger partial charge in [-0.2, -0.15) is 0 Å². The number of carbonyl (C=O) groups excluding carboxylic acids is 1. The first kappa shape index (κ1) is 15.4. The Labute approximate surface area is 122 Å². The zero-order valence-corrected chi connectivity index (χ0v) is 13.3. The monoisotopic (exact) mass is 382 g/mol. The zero-order valence-electron chi connectivity index (χ0n) is 10.2. The minimum Gasteiger partial charge on any atom is -0.476 e. The third-order valence-corrected chi connectivity index (χ3v) is 3.42. The van der Waals surface area contributed by atoms with Crippen LogP contribution in [0.25, 0.3) is 0 Å². The van der Waals surface area contributed by atoms with Crippen LogP contribution in [0.4, 0.5) is 4.39 Å². The van der Waals surface area contributed by atoms with Gasteiger partial charge in [-0.25, -0.2) is 9.18 Å². The Kier molecular flexibility index (Phi) is 5.59. The van der Waals surface area contributed by atoms with E-state index in [-0.39, 0.29) is 5.92 Å². The Balaban J connectivity index is 3.05. The van der Waals surface area contributed by atoms with Gasteiger partial charge in [0.25, 0.3) is 0 Å². The van der Waals surface area contributed by atoms with Gasteiger partial charge in [-0.15, -0.1) is 0 Å². The molecule has 1 rings (SSSR count). The van der Waals surface area contributed by atoms with E-state index in [1.165, 1.54) is 19.2 Å². The van der Waals surface area contributed by atoms with Crippen LogP contribution in [0.15, 0.2) is 21.1 Å². The molecule has 0 aliphatic heterocycles. The van der Waals surface area contributed by atoms with Gasteiger partial charge in [0.2, 0.25) is 0 Å². The van der Waals surface area contributed by atoms with Crippen LogP contribution < -0.4 is 4.74 Å². The third-order valence-electron chi connectivity index (χ3n) is 2.25. The highest BCUT2D eigenvalue weighted by atomic mass is 79.9. The van der Waals surface area contributed by atoms with Crippen molar-refractivity contribution in [3.05, 3.63) is 26.9 Å². The van der Waals surface area contributed by atoms with Gasteiger partial charge in [-0.1, -0.05) is 13.8 Å². The molecule has 0 aliphatic rings. The Morgan fingerprint density at radius 2 is 1.78 bits per heavy atom. The van der Waals surface area contributed by atoms with Crippen LogP contribution in [0.5, 0.6) is 5.75 Å². The van der Waals surface area contributed by atoms with E-state index in [2.05, 4.69) is 36.6 Å².